The number of aromatic nitrogens is 4. The Bertz CT molecular complexity index is 1360. The number of nitrogens with zero attached hydrogens (tertiary/aromatic N) is 4. The van der Waals surface area contributed by atoms with Gasteiger partial charge in [-0.2, -0.15) is 18.2 Å². The Morgan fingerprint density at radius 3 is 2.31 bits per heavy atom. The molecule has 9 nitrogen and oxygen atoms in total. The van der Waals surface area contributed by atoms with Crippen molar-refractivity contribution in [2.75, 3.05) is 18.2 Å². The molecule has 32 heavy (non-hydrogen) atoms. The van der Waals surface area contributed by atoms with E-state index < -0.39 is 18.0 Å². The van der Waals surface area contributed by atoms with E-state index in [0.717, 1.165) is 5.39 Å². The summed E-state index contributed by atoms with van der Waals surface area (Å²) >= 11 is 0. The van der Waals surface area contributed by atoms with E-state index in [2.05, 4.69) is 30.0 Å². The Balaban J connectivity index is 1.76. The molecule has 2 aromatic carbocycles. The van der Waals surface area contributed by atoms with Gasteiger partial charge in [-0.3, -0.25) is 5.32 Å². The molecule has 0 bridgehead atoms. The molecular weight excluding hydrogens is 429 g/mol. The fourth-order valence-electron chi connectivity index (χ4n) is 2.94. The summed E-state index contributed by atoms with van der Waals surface area (Å²) in [5, 5.41) is 3.54. The molecule has 0 fully saturated rings. The monoisotopic (exact) mass is 444 g/mol. The number of carbonyl (C=O) groups is 1. The van der Waals surface area contributed by atoms with Crippen molar-refractivity contribution in [3.63, 3.8) is 0 Å². The summed E-state index contributed by atoms with van der Waals surface area (Å²) in [6, 6.07) is 9.50. The van der Waals surface area contributed by atoms with Crippen LogP contribution in [0.3, 0.4) is 0 Å². The number of rotatable bonds is 4. The smallest absolute Gasteiger partial charge is 0.491 e. The van der Waals surface area contributed by atoms with Crippen LogP contribution in [0.15, 0.2) is 36.4 Å². The van der Waals surface area contributed by atoms with Gasteiger partial charge in [-0.15, -0.1) is 0 Å². The highest BCUT2D eigenvalue weighted by molar-refractivity contribution is 5.90. The predicted octanol–water partition coefficient (Wildman–Crippen LogP) is 3.68. The molecule has 164 valence electrons. The predicted molar refractivity (Wildman–Crippen MR) is 110 cm³/mol. The van der Waals surface area contributed by atoms with Crippen molar-refractivity contribution < 1.29 is 27.4 Å². The van der Waals surface area contributed by atoms with Gasteiger partial charge in [-0.05, 0) is 43.3 Å². The number of alkyl halides is 3. The molecule has 4 rings (SSSR count). The fourth-order valence-corrected chi connectivity index (χ4v) is 2.94. The third-order valence-electron chi connectivity index (χ3n) is 4.42. The quantitative estimate of drug-likeness (QED) is 0.358. The van der Waals surface area contributed by atoms with Gasteiger partial charge in [0.1, 0.15) is 5.75 Å². The second-order valence-corrected chi connectivity index (χ2v) is 6.66. The zero-order valence-corrected chi connectivity index (χ0v) is 16.7. The molecule has 0 aliphatic rings. The zero-order valence-electron chi connectivity index (χ0n) is 16.7. The summed E-state index contributed by atoms with van der Waals surface area (Å²) < 4.78 is 47.8. The first-order chi connectivity index (χ1) is 15.1. The van der Waals surface area contributed by atoms with Gasteiger partial charge in [-0.1, -0.05) is 0 Å². The molecule has 0 saturated heterocycles. The number of anilines is 3. The molecular formula is C20H15F3N6O3. The second-order valence-electron chi connectivity index (χ2n) is 6.66. The first kappa shape index (κ1) is 21.0. The minimum atomic E-state index is -5.20. The summed E-state index contributed by atoms with van der Waals surface area (Å²) in [6.07, 6.45) is -5.20. The van der Waals surface area contributed by atoms with E-state index in [9.17, 15) is 18.0 Å². The molecule has 0 aliphatic carbocycles. The maximum atomic E-state index is 12.7. The van der Waals surface area contributed by atoms with E-state index in [0.29, 0.717) is 17.0 Å². The van der Waals surface area contributed by atoms with Crippen LogP contribution in [0.25, 0.3) is 21.8 Å². The highest BCUT2D eigenvalue weighted by atomic mass is 19.4. The molecule has 0 unspecified atom stereocenters. The summed E-state index contributed by atoms with van der Waals surface area (Å²) in [7, 11) is 1.54. The number of ether oxygens (including phenoxy) is 2. The molecule has 12 heteroatoms. The lowest BCUT2D eigenvalue weighted by molar-refractivity contribution is -0.189. The van der Waals surface area contributed by atoms with E-state index >= 15 is 0 Å². The molecule has 0 atom stereocenters. The largest absolute Gasteiger partial charge is 0.497 e. The number of hydrogen-bond donors (Lipinski definition) is 2. The minimum Gasteiger partial charge on any atom is -0.497 e. The van der Waals surface area contributed by atoms with Gasteiger partial charge in [0.2, 0.25) is 17.8 Å². The van der Waals surface area contributed by atoms with Gasteiger partial charge >= 0.3 is 12.1 Å². The van der Waals surface area contributed by atoms with E-state index in [1.165, 1.54) is 18.2 Å². The summed E-state index contributed by atoms with van der Waals surface area (Å²) in [4.78, 5) is 28.2. The minimum absolute atomic E-state index is 0.0378. The summed E-state index contributed by atoms with van der Waals surface area (Å²) in [5.74, 6) is -2.45. The van der Waals surface area contributed by atoms with Crippen molar-refractivity contribution in [1.82, 2.24) is 19.9 Å². The van der Waals surface area contributed by atoms with Crippen LogP contribution in [0.4, 0.5) is 30.8 Å². The molecule has 3 N–H and O–H groups in total. The van der Waals surface area contributed by atoms with E-state index in [4.69, 9.17) is 10.5 Å². The van der Waals surface area contributed by atoms with E-state index in [-0.39, 0.29) is 28.5 Å². The van der Waals surface area contributed by atoms with E-state index in [1.807, 2.05) is 0 Å². The van der Waals surface area contributed by atoms with Crippen LogP contribution >= 0.6 is 0 Å². The van der Waals surface area contributed by atoms with Crippen LogP contribution in [0.1, 0.15) is 5.69 Å². The maximum Gasteiger partial charge on any atom is 0.491 e. The number of carbonyl (C=O) groups excluding carboxylic acids is 1. The number of nitrogens with two attached hydrogens (primary N) is 1. The van der Waals surface area contributed by atoms with Crippen LogP contribution in [0.5, 0.6) is 11.6 Å². The van der Waals surface area contributed by atoms with Crippen molar-refractivity contribution in [2.24, 2.45) is 0 Å². The Morgan fingerprint density at radius 1 is 0.969 bits per heavy atom. The van der Waals surface area contributed by atoms with Crippen molar-refractivity contribution in [1.29, 1.82) is 0 Å². The van der Waals surface area contributed by atoms with Crippen LogP contribution in [0.2, 0.25) is 0 Å². The average molecular weight is 444 g/mol. The number of aryl methyl sites for hydroxylation is 1. The SMILES string of the molecule is COc1ccc2nc(Nc3nc(OC(=O)C(F)(F)F)c4cc(N)ccc4n3)nc(C)c2c1. The lowest BCUT2D eigenvalue weighted by Crippen LogP contribution is -2.28. The number of nitrogens with one attached hydrogen (secondary N) is 1. The lowest BCUT2D eigenvalue weighted by Gasteiger charge is -2.12. The molecule has 0 spiro atoms. The summed E-state index contributed by atoms with van der Waals surface area (Å²) in [6.45, 7) is 1.76. The molecule has 4 aromatic rings. The molecule has 2 aromatic heterocycles. The van der Waals surface area contributed by atoms with Crippen LogP contribution in [0, 0.1) is 6.92 Å². The van der Waals surface area contributed by atoms with Crippen LogP contribution in [-0.4, -0.2) is 39.2 Å². The third-order valence-corrected chi connectivity index (χ3v) is 4.42. The lowest BCUT2D eigenvalue weighted by atomic mass is 10.2. The highest BCUT2D eigenvalue weighted by Gasteiger charge is 2.42. The van der Waals surface area contributed by atoms with E-state index in [1.54, 1.807) is 32.2 Å². The molecule has 0 aliphatic heterocycles. The number of methoxy groups -OCH3 is 1. The Hall–Kier alpha value is -4.22. The normalized spacial score (nSPS) is 11.5. The standard InChI is InChI=1S/C20H15F3N6O3/c1-9-12-8-11(31-2)4-6-14(12)26-18(25-9)29-19-27-15-5-3-10(24)7-13(15)16(28-19)32-17(30)20(21,22)23/h3-8H,24H2,1-2H3,(H,25,26,27,28,29). The third kappa shape index (κ3) is 4.15. The topological polar surface area (TPSA) is 125 Å². The maximum absolute atomic E-state index is 12.7. The van der Waals surface area contributed by atoms with Gasteiger partial charge in [0.15, 0.2) is 0 Å². The molecule has 0 amide bonds. The Kier molecular flexibility index (Phi) is 5.12. The second kappa shape index (κ2) is 7.80. The molecule has 2 heterocycles. The van der Waals surface area contributed by atoms with Gasteiger partial charge in [0, 0.05) is 11.1 Å². The molecule has 0 radical (unpaired) electrons. The van der Waals surface area contributed by atoms with Crippen LogP contribution in [-0.2, 0) is 4.79 Å². The van der Waals surface area contributed by atoms with Gasteiger partial charge in [-0.25, -0.2) is 19.7 Å². The van der Waals surface area contributed by atoms with Crippen molar-refractivity contribution in [3.8, 4) is 11.6 Å². The Labute approximate surface area is 178 Å². The fraction of sp³-hybridized carbons (Fsp3) is 0.150. The van der Waals surface area contributed by atoms with Crippen LogP contribution < -0.4 is 20.5 Å². The average Bonchev–Trinajstić information content (AvgIpc) is 2.73. The number of halogens is 3. The number of benzene rings is 2. The first-order valence-electron chi connectivity index (χ1n) is 9.10. The van der Waals surface area contributed by atoms with Crippen molar-refractivity contribution in [2.45, 2.75) is 13.1 Å². The van der Waals surface area contributed by atoms with Crippen molar-refractivity contribution in [3.05, 3.63) is 42.1 Å². The zero-order chi connectivity index (χ0) is 23.0. The van der Waals surface area contributed by atoms with Gasteiger partial charge in [0.05, 0.1) is 29.2 Å². The van der Waals surface area contributed by atoms with Gasteiger partial charge < -0.3 is 15.2 Å². The number of nitrogen functional groups attached to an aromatic ring is 1. The summed E-state index contributed by atoms with van der Waals surface area (Å²) in [5.41, 5.74) is 7.34. The first-order valence-corrected chi connectivity index (χ1v) is 9.10. The Morgan fingerprint density at radius 2 is 1.62 bits per heavy atom. The number of esters is 1. The highest BCUT2D eigenvalue weighted by Crippen LogP contribution is 2.29. The van der Waals surface area contributed by atoms with Crippen molar-refractivity contribution >= 4 is 45.4 Å². The number of fused-ring (bicyclic) bond motifs is 2. The van der Waals surface area contributed by atoms with Gasteiger partial charge in [0.25, 0.3) is 0 Å². The molecule has 0 saturated carbocycles. The number of hydrogen-bond acceptors (Lipinski definition) is 9.